The lowest BCUT2D eigenvalue weighted by Crippen LogP contribution is -2.32. The zero-order chi connectivity index (χ0) is 11.3. The maximum Gasteiger partial charge on any atom is 0.299 e. The number of hydrogen-bond acceptors (Lipinski definition) is 3. The highest BCUT2D eigenvalue weighted by atomic mass is 32.2. The van der Waals surface area contributed by atoms with Crippen LogP contribution in [0.3, 0.4) is 0 Å². The molecule has 0 heterocycles. The maximum atomic E-state index is 12.8. The van der Waals surface area contributed by atoms with Gasteiger partial charge in [0.2, 0.25) is 4.93 Å². The van der Waals surface area contributed by atoms with E-state index in [1.54, 1.807) is 0 Å². The Hall–Kier alpha value is -0.980. The SMILES string of the molecule is O=S(=O)(O)C1(O)CCc2cc(F)ccc21. The van der Waals surface area contributed by atoms with Crippen molar-refractivity contribution in [2.75, 3.05) is 0 Å². The highest BCUT2D eigenvalue weighted by Crippen LogP contribution is 2.40. The average Bonchev–Trinajstić information content (AvgIpc) is 2.43. The van der Waals surface area contributed by atoms with Crippen molar-refractivity contribution in [1.82, 2.24) is 0 Å². The average molecular weight is 232 g/mol. The zero-order valence-electron chi connectivity index (χ0n) is 7.64. The van der Waals surface area contributed by atoms with E-state index in [9.17, 15) is 17.9 Å². The second-order valence-electron chi connectivity index (χ2n) is 3.56. The van der Waals surface area contributed by atoms with Crippen molar-refractivity contribution < 1.29 is 22.5 Å². The van der Waals surface area contributed by atoms with Gasteiger partial charge in [-0.3, -0.25) is 4.55 Å². The van der Waals surface area contributed by atoms with Crippen molar-refractivity contribution >= 4 is 10.1 Å². The molecule has 1 atom stereocenters. The quantitative estimate of drug-likeness (QED) is 0.702. The van der Waals surface area contributed by atoms with E-state index >= 15 is 0 Å². The van der Waals surface area contributed by atoms with Gasteiger partial charge in [-0.1, -0.05) is 6.07 Å². The second kappa shape index (κ2) is 3.01. The first kappa shape index (κ1) is 10.5. The first-order valence-corrected chi connectivity index (χ1v) is 5.77. The Bertz CT molecular complexity index is 511. The van der Waals surface area contributed by atoms with Crippen molar-refractivity contribution in [3.63, 3.8) is 0 Å². The minimum Gasteiger partial charge on any atom is -0.369 e. The summed E-state index contributed by atoms with van der Waals surface area (Å²) in [7, 11) is -4.60. The monoisotopic (exact) mass is 232 g/mol. The lowest BCUT2D eigenvalue weighted by Gasteiger charge is -2.19. The molecule has 0 amide bonds. The van der Waals surface area contributed by atoms with E-state index in [-0.39, 0.29) is 18.4 Å². The van der Waals surface area contributed by atoms with E-state index in [2.05, 4.69) is 0 Å². The summed E-state index contributed by atoms with van der Waals surface area (Å²) >= 11 is 0. The van der Waals surface area contributed by atoms with Gasteiger partial charge in [-0.05, 0) is 24.1 Å². The summed E-state index contributed by atoms with van der Waals surface area (Å²) in [5.41, 5.74) is 0.474. The lowest BCUT2D eigenvalue weighted by molar-refractivity contribution is 0.114. The lowest BCUT2D eigenvalue weighted by atomic mass is 10.1. The Labute approximate surface area is 86.1 Å². The Balaban J connectivity index is 2.64. The van der Waals surface area contributed by atoms with E-state index < -0.39 is 20.9 Å². The Kier molecular flexibility index (Phi) is 2.11. The Morgan fingerprint density at radius 3 is 2.67 bits per heavy atom. The summed E-state index contributed by atoms with van der Waals surface area (Å²) in [6.45, 7) is 0. The first-order chi connectivity index (χ1) is 6.84. The van der Waals surface area contributed by atoms with Gasteiger partial charge in [0.15, 0.2) is 0 Å². The first-order valence-electron chi connectivity index (χ1n) is 4.33. The molecule has 15 heavy (non-hydrogen) atoms. The third kappa shape index (κ3) is 1.45. The highest BCUT2D eigenvalue weighted by molar-refractivity contribution is 7.86. The van der Waals surface area contributed by atoms with Crippen LogP contribution in [-0.4, -0.2) is 18.1 Å². The molecular weight excluding hydrogens is 223 g/mol. The van der Waals surface area contributed by atoms with Crippen molar-refractivity contribution in [3.05, 3.63) is 35.1 Å². The van der Waals surface area contributed by atoms with E-state index in [0.717, 1.165) is 6.07 Å². The molecule has 6 heteroatoms. The number of benzene rings is 1. The number of halogens is 1. The Morgan fingerprint density at radius 1 is 1.40 bits per heavy atom. The van der Waals surface area contributed by atoms with Crippen molar-refractivity contribution in [3.8, 4) is 0 Å². The van der Waals surface area contributed by atoms with Crippen LogP contribution in [0.15, 0.2) is 18.2 Å². The van der Waals surface area contributed by atoms with Gasteiger partial charge in [0.25, 0.3) is 10.1 Å². The molecule has 1 aromatic rings. The molecule has 1 aromatic carbocycles. The molecular formula is C9H9FO4S. The van der Waals surface area contributed by atoms with Gasteiger partial charge in [-0.2, -0.15) is 8.42 Å². The topological polar surface area (TPSA) is 74.6 Å². The van der Waals surface area contributed by atoms with Crippen molar-refractivity contribution in [1.29, 1.82) is 0 Å². The summed E-state index contributed by atoms with van der Waals surface area (Å²) in [5.74, 6) is -0.492. The van der Waals surface area contributed by atoms with Crippen molar-refractivity contribution in [2.45, 2.75) is 17.8 Å². The van der Waals surface area contributed by atoms with Crippen LogP contribution in [0.4, 0.5) is 4.39 Å². The highest BCUT2D eigenvalue weighted by Gasteiger charge is 2.47. The van der Waals surface area contributed by atoms with Crippen LogP contribution in [0.25, 0.3) is 0 Å². The number of fused-ring (bicyclic) bond motifs is 1. The van der Waals surface area contributed by atoms with Crippen LogP contribution < -0.4 is 0 Å². The van der Waals surface area contributed by atoms with Crippen LogP contribution in [0, 0.1) is 5.82 Å². The van der Waals surface area contributed by atoms with Crippen LogP contribution in [0.2, 0.25) is 0 Å². The van der Waals surface area contributed by atoms with Crippen LogP contribution in [0.5, 0.6) is 0 Å². The maximum absolute atomic E-state index is 12.8. The molecule has 0 aromatic heterocycles. The predicted molar refractivity (Wildman–Crippen MR) is 50.2 cm³/mol. The summed E-state index contributed by atoms with van der Waals surface area (Å²) in [6, 6.07) is 3.41. The standard InChI is InChI=1S/C9H9FO4S/c10-7-1-2-8-6(5-7)3-4-9(8,11)15(12,13)14/h1-2,5,11H,3-4H2,(H,12,13,14). The normalized spacial score (nSPS) is 25.3. The molecule has 1 aliphatic carbocycles. The molecule has 2 N–H and O–H groups in total. The van der Waals surface area contributed by atoms with Gasteiger partial charge in [0.1, 0.15) is 5.82 Å². The van der Waals surface area contributed by atoms with Crippen LogP contribution in [-0.2, 0) is 21.5 Å². The Morgan fingerprint density at radius 2 is 2.07 bits per heavy atom. The number of hydrogen-bond donors (Lipinski definition) is 2. The molecule has 0 fully saturated rings. The second-order valence-corrected chi connectivity index (χ2v) is 5.19. The number of rotatable bonds is 1. The third-order valence-corrected chi connectivity index (χ3v) is 3.93. The third-order valence-electron chi connectivity index (χ3n) is 2.65. The number of aryl methyl sites for hydroxylation is 1. The largest absolute Gasteiger partial charge is 0.369 e. The zero-order valence-corrected chi connectivity index (χ0v) is 8.46. The summed E-state index contributed by atoms with van der Waals surface area (Å²) in [5, 5.41) is 9.81. The van der Waals surface area contributed by atoms with Crippen molar-refractivity contribution in [2.24, 2.45) is 0 Å². The summed E-state index contributed by atoms with van der Waals surface area (Å²) in [6.07, 6.45) is 0.0774. The predicted octanol–water partition coefficient (Wildman–Crippen LogP) is 0.805. The van der Waals surface area contributed by atoms with Gasteiger partial charge >= 0.3 is 0 Å². The fourth-order valence-electron chi connectivity index (χ4n) is 1.86. The molecule has 0 bridgehead atoms. The molecule has 0 saturated heterocycles. The molecule has 2 rings (SSSR count). The molecule has 1 unspecified atom stereocenters. The smallest absolute Gasteiger partial charge is 0.299 e. The minimum atomic E-state index is -4.60. The van der Waals surface area contributed by atoms with Gasteiger partial charge in [0.05, 0.1) is 0 Å². The molecule has 82 valence electrons. The fourth-order valence-corrected chi connectivity index (χ4v) is 2.69. The van der Waals surface area contributed by atoms with E-state index in [0.29, 0.717) is 5.56 Å². The van der Waals surface area contributed by atoms with Gasteiger partial charge < -0.3 is 5.11 Å². The summed E-state index contributed by atoms with van der Waals surface area (Å²) < 4.78 is 43.8. The van der Waals surface area contributed by atoms with Gasteiger partial charge in [-0.15, -0.1) is 0 Å². The van der Waals surface area contributed by atoms with E-state index in [1.165, 1.54) is 12.1 Å². The summed E-state index contributed by atoms with van der Waals surface area (Å²) in [4.78, 5) is -2.28. The van der Waals surface area contributed by atoms with Gasteiger partial charge in [-0.25, -0.2) is 4.39 Å². The van der Waals surface area contributed by atoms with Gasteiger partial charge in [0, 0.05) is 12.0 Å². The minimum absolute atomic E-state index is 0.0615. The van der Waals surface area contributed by atoms with E-state index in [1.807, 2.05) is 0 Å². The van der Waals surface area contributed by atoms with Crippen LogP contribution in [0.1, 0.15) is 17.5 Å². The fraction of sp³-hybridized carbons (Fsp3) is 0.333. The molecule has 0 saturated carbocycles. The van der Waals surface area contributed by atoms with Crippen LogP contribution >= 0.6 is 0 Å². The molecule has 0 spiro atoms. The molecule has 0 radical (unpaired) electrons. The molecule has 4 nitrogen and oxygen atoms in total. The molecule has 1 aliphatic rings. The molecule has 0 aliphatic heterocycles. The van der Waals surface area contributed by atoms with E-state index in [4.69, 9.17) is 4.55 Å². The number of aliphatic hydroxyl groups is 1.